The lowest BCUT2D eigenvalue weighted by Gasteiger charge is -2.19. The van der Waals surface area contributed by atoms with Gasteiger partial charge in [-0.2, -0.15) is 9.40 Å². The number of hydrogen-bond donors (Lipinski definition) is 0. The number of furan rings is 1. The van der Waals surface area contributed by atoms with E-state index in [4.69, 9.17) is 4.42 Å². The zero-order valence-electron chi connectivity index (χ0n) is 13.5. The molecule has 7 nitrogen and oxygen atoms in total. The van der Waals surface area contributed by atoms with E-state index in [2.05, 4.69) is 10.1 Å². The number of sulfonamides is 1. The maximum atomic E-state index is 12.9. The molecular weight excluding hydrogens is 328 g/mol. The Morgan fingerprint density at radius 1 is 1.17 bits per heavy atom. The van der Waals surface area contributed by atoms with Crippen molar-refractivity contribution < 1.29 is 12.8 Å². The Hall–Kier alpha value is -2.45. The first-order valence-electron chi connectivity index (χ1n) is 7.40. The third-order valence-corrected chi connectivity index (χ3v) is 5.17. The van der Waals surface area contributed by atoms with Gasteiger partial charge in [0.25, 0.3) is 10.0 Å². The highest BCUT2D eigenvalue weighted by molar-refractivity contribution is 7.89. The van der Waals surface area contributed by atoms with Crippen LogP contribution in [0.2, 0.25) is 0 Å². The standard InChI is InChI=1S/C16H18N4O3S/c1-13-6-7-15(23-13)12-20(11-14-5-3-4-9-17-14)24(21,22)16-8-10-19(2)18-16/h3-10H,11-12H2,1-2H3. The molecule has 3 aromatic heterocycles. The molecule has 0 spiro atoms. The van der Waals surface area contributed by atoms with E-state index in [0.717, 1.165) is 5.76 Å². The molecule has 0 saturated carbocycles. The first-order valence-corrected chi connectivity index (χ1v) is 8.84. The first kappa shape index (κ1) is 16.4. The minimum atomic E-state index is -3.77. The molecule has 3 aromatic rings. The van der Waals surface area contributed by atoms with Crippen LogP contribution in [0.15, 0.2) is 58.2 Å². The highest BCUT2D eigenvalue weighted by atomic mass is 32.2. The number of hydrogen-bond acceptors (Lipinski definition) is 5. The quantitative estimate of drug-likeness (QED) is 0.683. The Labute approximate surface area is 140 Å². The molecule has 0 aliphatic rings. The number of aryl methyl sites for hydroxylation is 2. The molecule has 126 valence electrons. The van der Waals surface area contributed by atoms with E-state index >= 15 is 0 Å². The Balaban J connectivity index is 1.94. The molecule has 8 heteroatoms. The highest BCUT2D eigenvalue weighted by Gasteiger charge is 2.28. The summed E-state index contributed by atoms with van der Waals surface area (Å²) >= 11 is 0. The van der Waals surface area contributed by atoms with E-state index in [0.29, 0.717) is 11.5 Å². The van der Waals surface area contributed by atoms with Crippen LogP contribution in [0.25, 0.3) is 0 Å². The van der Waals surface area contributed by atoms with Crippen molar-refractivity contribution in [2.24, 2.45) is 7.05 Å². The summed E-state index contributed by atoms with van der Waals surface area (Å²) in [6.45, 7) is 2.07. The number of rotatable bonds is 6. The molecule has 0 saturated heterocycles. The molecule has 0 unspecified atom stereocenters. The van der Waals surface area contributed by atoms with Gasteiger partial charge < -0.3 is 4.42 Å². The van der Waals surface area contributed by atoms with Gasteiger partial charge in [-0.05, 0) is 37.3 Å². The Morgan fingerprint density at radius 3 is 2.58 bits per heavy atom. The van der Waals surface area contributed by atoms with Crippen LogP contribution in [-0.4, -0.2) is 27.5 Å². The third-order valence-electron chi connectivity index (χ3n) is 3.49. The van der Waals surface area contributed by atoms with Gasteiger partial charge in [-0.1, -0.05) is 6.07 Å². The maximum Gasteiger partial charge on any atom is 0.263 e. The van der Waals surface area contributed by atoms with Crippen LogP contribution < -0.4 is 0 Å². The first-order chi connectivity index (χ1) is 11.4. The van der Waals surface area contributed by atoms with Gasteiger partial charge in [-0.25, -0.2) is 8.42 Å². The van der Waals surface area contributed by atoms with Crippen LogP contribution in [0.1, 0.15) is 17.2 Å². The van der Waals surface area contributed by atoms with Crippen LogP contribution in [-0.2, 0) is 30.2 Å². The van der Waals surface area contributed by atoms with E-state index in [9.17, 15) is 8.42 Å². The fourth-order valence-electron chi connectivity index (χ4n) is 2.31. The summed E-state index contributed by atoms with van der Waals surface area (Å²) in [4.78, 5) is 4.22. The predicted molar refractivity (Wildman–Crippen MR) is 87.3 cm³/mol. The average Bonchev–Trinajstić information content (AvgIpc) is 3.16. The molecule has 3 rings (SSSR count). The van der Waals surface area contributed by atoms with E-state index in [1.165, 1.54) is 15.1 Å². The second kappa shape index (κ2) is 6.58. The number of pyridine rings is 1. The summed E-state index contributed by atoms with van der Waals surface area (Å²) in [7, 11) is -2.09. The molecule has 0 bridgehead atoms. The Morgan fingerprint density at radius 2 is 2.00 bits per heavy atom. The van der Waals surface area contributed by atoms with Gasteiger partial charge in [0.05, 0.1) is 18.8 Å². The maximum absolute atomic E-state index is 12.9. The minimum Gasteiger partial charge on any atom is -0.465 e. The van der Waals surface area contributed by atoms with Crippen molar-refractivity contribution in [2.75, 3.05) is 0 Å². The van der Waals surface area contributed by atoms with Gasteiger partial charge in [0.2, 0.25) is 0 Å². The van der Waals surface area contributed by atoms with Gasteiger partial charge in [-0.3, -0.25) is 9.67 Å². The van der Waals surface area contributed by atoms with Gasteiger partial charge in [-0.15, -0.1) is 0 Å². The summed E-state index contributed by atoms with van der Waals surface area (Å²) in [5.74, 6) is 1.31. The lowest BCUT2D eigenvalue weighted by atomic mass is 10.3. The van der Waals surface area contributed by atoms with E-state index in [-0.39, 0.29) is 18.1 Å². The number of nitrogens with zero attached hydrogens (tertiary/aromatic N) is 4. The Bertz CT molecular complexity index is 916. The molecule has 0 radical (unpaired) electrons. The lowest BCUT2D eigenvalue weighted by molar-refractivity contribution is 0.349. The normalized spacial score (nSPS) is 12.0. The summed E-state index contributed by atoms with van der Waals surface area (Å²) in [5, 5.41) is 4.03. The largest absolute Gasteiger partial charge is 0.465 e. The second-order valence-electron chi connectivity index (χ2n) is 5.43. The topological polar surface area (TPSA) is 81.2 Å². The van der Waals surface area contributed by atoms with Crippen molar-refractivity contribution in [3.05, 3.63) is 66.0 Å². The molecule has 0 atom stereocenters. The smallest absolute Gasteiger partial charge is 0.263 e. The summed E-state index contributed by atoms with van der Waals surface area (Å²) in [5.41, 5.74) is 0.653. The van der Waals surface area contributed by atoms with Gasteiger partial charge in [0.1, 0.15) is 11.5 Å². The molecule has 0 fully saturated rings. The summed E-state index contributed by atoms with van der Waals surface area (Å²) < 4.78 is 34.2. The van der Waals surface area contributed by atoms with Crippen LogP contribution >= 0.6 is 0 Å². The molecule has 0 N–H and O–H groups in total. The van der Waals surface area contributed by atoms with E-state index < -0.39 is 10.0 Å². The summed E-state index contributed by atoms with van der Waals surface area (Å²) in [6, 6.07) is 10.5. The highest BCUT2D eigenvalue weighted by Crippen LogP contribution is 2.20. The van der Waals surface area contributed by atoms with Crippen LogP contribution in [0.3, 0.4) is 0 Å². The van der Waals surface area contributed by atoms with Crippen molar-refractivity contribution in [1.29, 1.82) is 0 Å². The van der Waals surface area contributed by atoms with E-state index in [1.54, 1.807) is 37.6 Å². The zero-order chi connectivity index (χ0) is 17.2. The zero-order valence-corrected chi connectivity index (χ0v) is 14.3. The fourth-order valence-corrected chi connectivity index (χ4v) is 3.63. The van der Waals surface area contributed by atoms with Crippen molar-refractivity contribution in [3.8, 4) is 0 Å². The van der Waals surface area contributed by atoms with Crippen molar-refractivity contribution in [3.63, 3.8) is 0 Å². The van der Waals surface area contributed by atoms with Crippen LogP contribution in [0.5, 0.6) is 0 Å². The molecule has 0 amide bonds. The van der Waals surface area contributed by atoms with Gasteiger partial charge in [0.15, 0.2) is 5.03 Å². The molecule has 0 aliphatic heterocycles. The minimum absolute atomic E-state index is 0.00390. The predicted octanol–water partition coefficient (Wildman–Crippen LogP) is 2.11. The van der Waals surface area contributed by atoms with Crippen molar-refractivity contribution in [2.45, 2.75) is 25.0 Å². The van der Waals surface area contributed by atoms with Gasteiger partial charge >= 0.3 is 0 Å². The second-order valence-corrected chi connectivity index (χ2v) is 7.32. The van der Waals surface area contributed by atoms with E-state index in [1.807, 2.05) is 19.1 Å². The molecule has 0 aliphatic carbocycles. The summed E-state index contributed by atoms with van der Waals surface area (Å²) in [6.07, 6.45) is 3.24. The fraction of sp³-hybridized carbons (Fsp3) is 0.250. The SMILES string of the molecule is Cc1ccc(CN(Cc2ccccn2)S(=O)(=O)c2ccn(C)n2)o1. The van der Waals surface area contributed by atoms with Gasteiger partial charge in [0, 0.05) is 19.4 Å². The molecule has 0 aromatic carbocycles. The molecule has 24 heavy (non-hydrogen) atoms. The Kier molecular flexibility index (Phi) is 4.50. The van der Waals surface area contributed by atoms with Crippen LogP contribution in [0, 0.1) is 6.92 Å². The van der Waals surface area contributed by atoms with Crippen molar-refractivity contribution >= 4 is 10.0 Å². The lowest BCUT2D eigenvalue weighted by Crippen LogP contribution is -2.31. The molecule has 3 heterocycles. The van der Waals surface area contributed by atoms with Crippen molar-refractivity contribution in [1.82, 2.24) is 19.1 Å². The number of aromatic nitrogens is 3. The van der Waals surface area contributed by atoms with Crippen LogP contribution in [0.4, 0.5) is 0 Å². The monoisotopic (exact) mass is 346 g/mol. The molecular formula is C16H18N4O3S. The average molecular weight is 346 g/mol. The third kappa shape index (κ3) is 3.55.